The van der Waals surface area contributed by atoms with Gasteiger partial charge < -0.3 is 15.4 Å². The number of benzene rings is 1. The van der Waals surface area contributed by atoms with E-state index in [0.29, 0.717) is 42.0 Å². The van der Waals surface area contributed by atoms with Crippen molar-refractivity contribution in [2.75, 3.05) is 45.1 Å². The lowest BCUT2D eigenvalue weighted by atomic mass is 9.95. The molecule has 0 unspecified atom stereocenters. The lowest BCUT2D eigenvalue weighted by Gasteiger charge is -2.26. The van der Waals surface area contributed by atoms with E-state index in [1.807, 2.05) is 18.2 Å². The maximum absolute atomic E-state index is 13.2. The molecule has 4 rings (SSSR count). The molecule has 0 spiro atoms. The number of morpholine rings is 1. The fourth-order valence-corrected chi connectivity index (χ4v) is 5.78. The fourth-order valence-electron chi connectivity index (χ4n) is 4.94. The van der Waals surface area contributed by atoms with Crippen molar-refractivity contribution in [1.29, 1.82) is 0 Å². The Hall–Kier alpha value is -2.43. The van der Waals surface area contributed by atoms with Crippen LogP contribution < -0.4 is 16.2 Å². The molecule has 1 saturated carbocycles. The number of hydrogen-bond donors (Lipinski definition) is 2. The Morgan fingerprint density at radius 3 is 2.62 bits per heavy atom. The van der Waals surface area contributed by atoms with E-state index < -0.39 is 0 Å². The van der Waals surface area contributed by atoms with Crippen LogP contribution >= 0.6 is 11.8 Å². The topological polar surface area (TPSA) is 106 Å². The zero-order valence-corrected chi connectivity index (χ0v) is 22.4. The van der Waals surface area contributed by atoms with Crippen molar-refractivity contribution in [3.63, 3.8) is 0 Å². The first-order chi connectivity index (χ1) is 18.1. The first-order valence-electron chi connectivity index (χ1n) is 13.6. The van der Waals surface area contributed by atoms with E-state index in [9.17, 15) is 14.4 Å². The summed E-state index contributed by atoms with van der Waals surface area (Å²) in [7, 11) is 0. The average molecular weight is 530 g/mol. The number of hydrogen-bond acceptors (Lipinski definition) is 7. The van der Waals surface area contributed by atoms with Crippen LogP contribution in [-0.4, -0.2) is 77.5 Å². The van der Waals surface area contributed by atoms with Gasteiger partial charge in [0.2, 0.25) is 11.8 Å². The molecule has 9 nitrogen and oxygen atoms in total. The van der Waals surface area contributed by atoms with Gasteiger partial charge in [-0.15, -0.1) is 0 Å². The van der Waals surface area contributed by atoms with Crippen LogP contribution in [0.25, 0.3) is 10.9 Å². The first kappa shape index (κ1) is 27.6. The zero-order valence-electron chi connectivity index (χ0n) is 21.6. The number of ether oxygens (including phenoxy) is 1. The van der Waals surface area contributed by atoms with Gasteiger partial charge >= 0.3 is 0 Å². The predicted octanol–water partition coefficient (Wildman–Crippen LogP) is 2.56. The number of carbonyl (C=O) groups is 2. The molecule has 10 heteroatoms. The lowest BCUT2D eigenvalue weighted by molar-refractivity contribution is -0.121. The molecule has 202 valence electrons. The molecule has 2 heterocycles. The van der Waals surface area contributed by atoms with E-state index >= 15 is 0 Å². The van der Waals surface area contributed by atoms with E-state index in [0.717, 1.165) is 65.0 Å². The molecule has 1 aromatic carbocycles. The molecule has 2 aromatic rings. The number of carbonyl (C=O) groups excluding carboxylic acids is 2. The number of rotatable bonds is 12. The molecule has 1 aliphatic carbocycles. The number of thioether (sulfide) groups is 1. The molecule has 2 N–H and O–H groups in total. The van der Waals surface area contributed by atoms with Crippen LogP contribution in [0.15, 0.2) is 34.2 Å². The Morgan fingerprint density at radius 2 is 1.81 bits per heavy atom. The van der Waals surface area contributed by atoms with Crippen molar-refractivity contribution in [1.82, 2.24) is 25.1 Å². The van der Waals surface area contributed by atoms with E-state index in [1.165, 1.54) is 18.2 Å². The molecule has 2 fully saturated rings. The third-order valence-electron chi connectivity index (χ3n) is 6.99. The number of para-hydroxylation sites is 1. The predicted molar refractivity (Wildman–Crippen MR) is 146 cm³/mol. The van der Waals surface area contributed by atoms with Crippen LogP contribution in [0.3, 0.4) is 0 Å². The smallest absolute Gasteiger partial charge is 0.262 e. The van der Waals surface area contributed by atoms with Gasteiger partial charge in [0.25, 0.3) is 5.56 Å². The number of aromatic nitrogens is 2. The molecule has 0 radical (unpaired) electrons. The quantitative estimate of drug-likeness (QED) is 0.247. The van der Waals surface area contributed by atoms with Gasteiger partial charge in [-0.2, -0.15) is 0 Å². The third-order valence-corrected chi connectivity index (χ3v) is 7.97. The Kier molecular flexibility index (Phi) is 10.8. The minimum atomic E-state index is -0.133. The molecule has 1 aliphatic heterocycles. The van der Waals surface area contributed by atoms with Gasteiger partial charge in [0.1, 0.15) is 0 Å². The molecule has 0 atom stereocenters. The van der Waals surface area contributed by atoms with E-state index in [1.54, 1.807) is 10.6 Å². The fraction of sp³-hybridized carbons (Fsp3) is 0.630. The van der Waals surface area contributed by atoms with E-state index in [-0.39, 0.29) is 29.2 Å². The maximum Gasteiger partial charge on any atom is 0.262 e. The number of fused-ring (bicyclic) bond motifs is 1. The summed E-state index contributed by atoms with van der Waals surface area (Å²) >= 11 is 1.29. The highest BCUT2D eigenvalue weighted by atomic mass is 32.2. The van der Waals surface area contributed by atoms with Gasteiger partial charge in [-0.25, -0.2) is 4.98 Å². The Morgan fingerprint density at radius 1 is 1.03 bits per heavy atom. The third kappa shape index (κ3) is 8.55. The second kappa shape index (κ2) is 14.5. The summed E-state index contributed by atoms with van der Waals surface area (Å²) in [5, 5.41) is 7.18. The molecule has 1 saturated heterocycles. The summed E-state index contributed by atoms with van der Waals surface area (Å²) in [6, 6.07) is 7.52. The summed E-state index contributed by atoms with van der Waals surface area (Å²) < 4.78 is 6.98. The van der Waals surface area contributed by atoms with Gasteiger partial charge in [0, 0.05) is 38.6 Å². The number of nitrogens with zero attached hydrogens (tertiary/aromatic N) is 3. The normalized spacial score (nSPS) is 17.1. The molecular weight excluding hydrogens is 490 g/mol. The monoisotopic (exact) mass is 529 g/mol. The van der Waals surface area contributed by atoms with Gasteiger partial charge in [-0.05, 0) is 44.4 Å². The van der Waals surface area contributed by atoms with Crippen molar-refractivity contribution in [3.05, 3.63) is 34.6 Å². The lowest BCUT2D eigenvalue weighted by Crippen LogP contribution is -2.38. The highest BCUT2D eigenvalue weighted by molar-refractivity contribution is 7.99. The first-order valence-corrected chi connectivity index (χ1v) is 14.6. The van der Waals surface area contributed by atoms with Crippen LogP contribution in [0.1, 0.15) is 51.4 Å². The zero-order chi connectivity index (χ0) is 25.9. The molecule has 2 aliphatic rings. The highest BCUT2D eigenvalue weighted by Gasteiger charge is 2.18. The molecule has 2 amide bonds. The largest absolute Gasteiger partial charge is 0.379 e. The van der Waals surface area contributed by atoms with Crippen LogP contribution in [0.5, 0.6) is 0 Å². The van der Waals surface area contributed by atoms with Crippen LogP contribution in [0.4, 0.5) is 0 Å². The molecule has 0 bridgehead atoms. The average Bonchev–Trinajstić information content (AvgIpc) is 2.92. The second-order valence-corrected chi connectivity index (χ2v) is 10.8. The molecular formula is C27H39N5O4S. The minimum Gasteiger partial charge on any atom is -0.379 e. The van der Waals surface area contributed by atoms with Crippen molar-refractivity contribution in [2.45, 2.75) is 69.1 Å². The van der Waals surface area contributed by atoms with Crippen LogP contribution in [0.2, 0.25) is 0 Å². The summed E-state index contributed by atoms with van der Waals surface area (Å²) in [5.41, 5.74) is 0.489. The van der Waals surface area contributed by atoms with Crippen molar-refractivity contribution >= 4 is 34.5 Å². The van der Waals surface area contributed by atoms with Crippen molar-refractivity contribution in [3.8, 4) is 0 Å². The number of nitrogens with one attached hydrogen (secondary N) is 2. The van der Waals surface area contributed by atoms with E-state index in [2.05, 4.69) is 20.5 Å². The Labute approximate surface area is 222 Å². The van der Waals surface area contributed by atoms with Crippen molar-refractivity contribution < 1.29 is 14.3 Å². The minimum absolute atomic E-state index is 0.00941. The van der Waals surface area contributed by atoms with Gasteiger partial charge in [0.15, 0.2) is 5.16 Å². The van der Waals surface area contributed by atoms with Crippen LogP contribution in [0, 0.1) is 0 Å². The highest BCUT2D eigenvalue weighted by Crippen LogP contribution is 2.20. The second-order valence-electron chi connectivity index (χ2n) is 9.82. The maximum atomic E-state index is 13.2. The molecule has 37 heavy (non-hydrogen) atoms. The van der Waals surface area contributed by atoms with Crippen LogP contribution in [-0.2, 0) is 20.9 Å². The Bertz CT molecular complexity index is 1100. The summed E-state index contributed by atoms with van der Waals surface area (Å²) in [6.45, 7) is 5.43. The van der Waals surface area contributed by atoms with Gasteiger partial charge in [-0.1, -0.05) is 43.2 Å². The summed E-state index contributed by atoms with van der Waals surface area (Å²) in [4.78, 5) is 45.2. The Balaban J connectivity index is 1.29. The standard InChI is InChI=1S/C27H39N5O4S/c33-24(28-13-7-14-31-16-18-36-19-17-31)12-6-15-32-26(35)22-10-4-5-11-23(22)30-27(32)37-20-25(34)29-21-8-2-1-3-9-21/h4-5,10-11,21H,1-3,6-9,12-20H2,(H,28,33)(H,29,34). The SMILES string of the molecule is O=C(CCCn1c(SCC(=O)NC2CCCCC2)nc2ccccc2c1=O)NCCCN1CCOCC1. The van der Waals surface area contributed by atoms with Gasteiger partial charge in [0.05, 0.1) is 29.9 Å². The number of amides is 2. The molecule has 1 aromatic heterocycles. The summed E-state index contributed by atoms with van der Waals surface area (Å²) in [5.74, 6) is 0.178. The van der Waals surface area contributed by atoms with Gasteiger partial charge in [-0.3, -0.25) is 23.9 Å². The van der Waals surface area contributed by atoms with E-state index in [4.69, 9.17) is 4.74 Å². The summed E-state index contributed by atoms with van der Waals surface area (Å²) in [6.07, 6.45) is 7.39. The van der Waals surface area contributed by atoms with Crippen molar-refractivity contribution in [2.24, 2.45) is 0 Å².